The van der Waals surface area contributed by atoms with E-state index < -0.39 is 35.6 Å². The molecule has 0 unspecified atom stereocenters. The number of likely N-dealkylation sites (N-methyl/N-ethyl adjacent to an activating group) is 1. The molecule has 0 spiro atoms. The van der Waals surface area contributed by atoms with Gasteiger partial charge in [0.25, 0.3) is 5.91 Å². The van der Waals surface area contributed by atoms with E-state index in [1.165, 1.54) is 19.0 Å². The summed E-state index contributed by atoms with van der Waals surface area (Å²) in [5, 5.41) is 32.6. The Balaban J connectivity index is 1.69. The molecule has 33 heavy (non-hydrogen) atoms. The predicted molar refractivity (Wildman–Crippen MR) is 120 cm³/mol. The van der Waals surface area contributed by atoms with E-state index in [9.17, 15) is 20.1 Å². The fourth-order valence-corrected chi connectivity index (χ4v) is 4.63. The maximum atomic E-state index is 12.9. The number of aliphatic hydroxyl groups excluding tert-OH is 3. The van der Waals surface area contributed by atoms with Crippen LogP contribution in [0.3, 0.4) is 0 Å². The third-order valence-corrected chi connectivity index (χ3v) is 6.56. The summed E-state index contributed by atoms with van der Waals surface area (Å²) in [7, 11) is 3.03. The topological polar surface area (TPSA) is 109 Å². The SMILES string of the molecule is CCOc1ccc(Cc2cc([C@]34OC[C@](C(=O)N(C)C)(O3)[C@@H](O)[C@H](O)[C@H]4O)ccc2Cl)cc1. The van der Waals surface area contributed by atoms with Gasteiger partial charge in [-0.25, -0.2) is 0 Å². The van der Waals surface area contributed by atoms with E-state index in [2.05, 4.69) is 0 Å². The summed E-state index contributed by atoms with van der Waals surface area (Å²) in [4.78, 5) is 14.1. The lowest BCUT2D eigenvalue weighted by molar-refractivity contribution is -0.320. The number of carbonyl (C=O) groups is 1. The number of hydrogen-bond acceptors (Lipinski definition) is 7. The highest BCUT2D eigenvalue weighted by Gasteiger charge is 2.70. The van der Waals surface area contributed by atoms with Crippen LogP contribution in [0.25, 0.3) is 0 Å². The van der Waals surface area contributed by atoms with Crippen LogP contribution in [-0.2, 0) is 26.5 Å². The zero-order valence-corrected chi connectivity index (χ0v) is 19.5. The molecular formula is C24H28ClNO7. The molecule has 2 saturated heterocycles. The van der Waals surface area contributed by atoms with Crippen molar-refractivity contribution in [1.29, 1.82) is 0 Å². The van der Waals surface area contributed by atoms with Crippen LogP contribution in [0.5, 0.6) is 5.75 Å². The highest BCUT2D eigenvalue weighted by molar-refractivity contribution is 6.31. The van der Waals surface area contributed by atoms with Crippen molar-refractivity contribution in [2.45, 2.75) is 43.0 Å². The number of amides is 1. The molecule has 3 N–H and O–H groups in total. The summed E-state index contributed by atoms with van der Waals surface area (Å²) < 4.78 is 17.4. The monoisotopic (exact) mass is 477 g/mol. The molecule has 8 nitrogen and oxygen atoms in total. The fourth-order valence-electron chi connectivity index (χ4n) is 4.45. The van der Waals surface area contributed by atoms with Crippen molar-refractivity contribution in [3.05, 3.63) is 64.2 Å². The summed E-state index contributed by atoms with van der Waals surface area (Å²) in [6, 6.07) is 12.6. The van der Waals surface area contributed by atoms with Crippen LogP contribution in [0.4, 0.5) is 0 Å². The average molecular weight is 478 g/mol. The predicted octanol–water partition coefficient (Wildman–Crippen LogP) is 1.45. The van der Waals surface area contributed by atoms with Gasteiger partial charge in [-0.15, -0.1) is 0 Å². The number of benzene rings is 2. The van der Waals surface area contributed by atoms with Crippen molar-refractivity contribution in [2.75, 3.05) is 27.3 Å². The van der Waals surface area contributed by atoms with Crippen molar-refractivity contribution < 1.29 is 34.3 Å². The van der Waals surface area contributed by atoms with Gasteiger partial charge >= 0.3 is 0 Å². The third kappa shape index (κ3) is 3.90. The van der Waals surface area contributed by atoms with Gasteiger partial charge in [0.1, 0.15) is 24.1 Å². The van der Waals surface area contributed by atoms with Gasteiger partial charge in [0.15, 0.2) is 0 Å². The fraction of sp³-hybridized carbons (Fsp3) is 0.458. The number of aliphatic hydroxyl groups is 3. The van der Waals surface area contributed by atoms with E-state index in [1.54, 1.807) is 18.2 Å². The van der Waals surface area contributed by atoms with Crippen LogP contribution in [0.15, 0.2) is 42.5 Å². The van der Waals surface area contributed by atoms with Crippen LogP contribution < -0.4 is 4.74 Å². The first kappa shape index (κ1) is 23.9. The largest absolute Gasteiger partial charge is 0.494 e. The summed E-state index contributed by atoms with van der Waals surface area (Å²) in [5.74, 6) is -1.62. The third-order valence-electron chi connectivity index (χ3n) is 6.19. The molecule has 0 radical (unpaired) electrons. The molecule has 2 aliphatic rings. The molecule has 2 heterocycles. The van der Waals surface area contributed by atoms with Gasteiger partial charge in [-0.1, -0.05) is 29.8 Å². The van der Waals surface area contributed by atoms with Gasteiger partial charge < -0.3 is 34.4 Å². The number of rotatable bonds is 6. The van der Waals surface area contributed by atoms with E-state index in [0.29, 0.717) is 23.6 Å². The molecule has 1 amide bonds. The van der Waals surface area contributed by atoms with Gasteiger partial charge in [0.05, 0.1) is 13.2 Å². The summed E-state index contributed by atoms with van der Waals surface area (Å²) in [6.07, 6.45) is -4.46. The number of halogens is 1. The maximum Gasteiger partial charge on any atom is 0.259 e. The van der Waals surface area contributed by atoms with E-state index in [1.807, 2.05) is 31.2 Å². The van der Waals surface area contributed by atoms with Crippen LogP contribution >= 0.6 is 11.6 Å². The molecule has 2 aromatic rings. The molecule has 2 aromatic carbocycles. The Bertz CT molecular complexity index is 1030. The molecule has 2 bridgehead atoms. The van der Waals surface area contributed by atoms with E-state index in [4.69, 9.17) is 25.8 Å². The first-order chi connectivity index (χ1) is 15.6. The van der Waals surface area contributed by atoms with Gasteiger partial charge in [0, 0.05) is 24.7 Å². The summed E-state index contributed by atoms with van der Waals surface area (Å²) >= 11 is 6.45. The molecule has 0 aliphatic carbocycles. The standard InChI is InChI=1S/C24H28ClNO7/c1-4-31-17-8-5-14(6-9-17)11-15-12-16(7-10-18(15)25)24-21(29)19(27)20(28)23(33-24,13-32-24)22(30)26(2)3/h5-10,12,19-21,27-29H,4,11,13H2,1-3H3/t19-,20-,21+,23-,24-/m0/s1. The number of nitrogens with zero attached hydrogens (tertiary/aromatic N) is 1. The van der Waals surface area contributed by atoms with Crippen molar-refractivity contribution in [1.82, 2.24) is 4.90 Å². The van der Waals surface area contributed by atoms with Crippen LogP contribution in [0.2, 0.25) is 5.02 Å². The molecule has 0 aromatic heterocycles. The van der Waals surface area contributed by atoms with E-state index >= 15 is 0 Å². The minimum Gasteiger partial charge on any atom is -0.494 e. The van der Waals surface area contributed by atoms with Crippen LogP contribution in [-0.4, -0.2) is 77.3 Å². The van der Waals surface area contributed by atoms with E-state index in [-0.39, 0.29) is 6.61 Å². The Morgan fingerprint density at radius 2 is 1.85 bits per heavy atom. The number of hydrogen-bond donors (Lipinski definition) is 3. The Hall–Kier alpha value is -2.20. The Kier molecular flexibility index (Phi) is 6.43. The van der Waals surface area contributed by atoms with Crippen molar-refractivity contribution in [3.63, 3.8) is 0 Å². The summed E-state index contributed by atoms with van der Waals surface area (Å²) in [5.41, 5.74) is 0.278. The summed E-state index contributed by atoms with van der Waals surface area (Å²) in [6.45, 7) is 2.17. The molecule has 4 rings (SSSR count). The molecule has 2 fully saturated rings. The van der Waals surface area contributed by atoms with Gasteiger partial charge in [-0.05, 0) is 48.7 Å². The second-order valence-corrected chi connectivity index (χ2v) is 8.99. The molecule has 2 aliphatic heterocycles. The van der Waals surface area contributed by atoms with Gasteiger partial charge in [-0.3, -0.25) is 4.79 Å². The van der Waals surface area contributed by atoms with E-state index in [0.717, 1.165) is 16.9 Å². The minimum atomic E-state index is -1.84. The van der Waals surface area contributed by atoms with Gasteiger partial charge in [0.2, 0.25) is 11.4 Å². The highest BCUT2D eigenvalue weighted by Crippen LogP contribution is 2.50. The first-order valence-corrected chi connectivity index (χ1v) is 11.1. The minimum absolute atomic E-state index is 0.323. The number of fused-ring (bicyclic) bond motifs is 2. The zero-order chi connectivity index (χ0) is 24.0. The van der Waals surface area contributed by atoms with Crippen molar-refractivity contribution in [2.24, 2.45) is 0 Å². The Morgan fingerprint density at radius 1 is 1.15 bits per heavy atom. The quantitative estimate of drug-likeness (QED) is 0.578. The number of carbonyl (C=O) groups excluding carboxylic acids is 1. The molecular weight excluding hydrogens is 450 g/mol. The van der Waals surface area contributed by atoms with Crippen LogP contribution in [0, 0.1) is 0 Å². The maximum absolute atomic E-state index is 12.9. The Morgan fingerprint density at radius 3 is 2.48 bits per heavy atom. The number of ether oxygens (including phenoxy) is 3. The molecule has 9 heteroatoms. The van der Waals surface area contributed by atoms with Gasteiger partial charge in [-0.2, -0.15) is 0 Å². The van der Waals surface area contributed by atoms with Crippen LogP contribution in [0.1, 0.15) is 23.6 Å². The van der Waals surface area contributed by atoms with Crippen molar-refractivity contribution in [3.8, 4) is 5.75 Å². The first-order valence-electron chi connectivity index (χ1n) is 10.8. The van der Waals surface area contributed by atoms with Crippen molar-refractivity contribution >= 4 is 17.5 Å². The highest BCUT2D eigenvalue weighted by atomic mass is 35.5. The normalized spacial score (nSPS) is 30.8. The molecule has 5 atom stereocenters. The second-order valence-electron chi connectivity index (χ2n) is 8.59. The lowest BCUT2D eigenvalue weighted by Gasteiger charge is -2.46. The zero-order valence-electron chi connectivity index (χ0n) is 18.7. The lowest BCUT2D eigenvalue weighted by Crippen LogP contribution is -2.68. The smallest absolute Gasteiger partial charge is 0.259 e. The average Bonchev–Trinajstić information content (AvgIpc) is 3.19. The molecule has 0 saturated carbocycles. The second kappa shape index (κ2) is 8.87. The Labute approximate surface area is 197 Å². The lowest BCUT2D eigenvalue weighted by atomic mass is 9.82. The molecule has 178 valence electrons.